The van der Waals surface area contributed by atoms with Gasteiger partial charge in [0, 0.05) is 49.9 Å². The lowest BCUT2D eigenvalue weighted by atomic mass is 9.98. The Hall–Kier alpha value is -3.10. The second kappa shape index (κ2) is 7.62. The van der Waals surface area contributed by atoms with Gasteiger partial charge in [-0.25, -0.2) is 14.8 Å². The van der Waals surface area contributed by atoms with Crippen molar-refractivity contribution < 1.29 is 9.53 Å². The van der Waals surface area contributed by atoms with E-state index >= 15 is 0 Å². The number of amides is 1. The predicted molar refractivity (Wildman–Crippen MR) is 114 cm³/mol. The molecule has 0 saturated carbocycles. The average Bonchev–Trinajstić information content (AvgIpc) is 3.30. The first-order valence-corrected chi connectivity index (χ1v) is 10.3. The van der Waals surface area contributed by atoms with Crippen LogP contribution in [0.1, 0.15) is 40.5 Å². The lowest BCUT2D eigenvalue weighted by Crippen LogP contribution is -2.55. The van der Waals surface area contributed by atoms with Crippen LogP contribution in [0.2, 0.25) is 0 Å². The largest absolute Gasteiger partial charge is 0.444 e. The van der Waals surface area contributed by atoms with E-state index in [1.165, 1.54) is 0 Å². The van der Waals surface area contributed by atoms with Gasteiger partial charge in [-0.1, -0.05) is 0 Å². The highest BCUT2D eigenvalue weighted by Gasteiger charge is 2.32. The topological polar surface area (TPSA) is 89.6 Å². The van der Waals surface area contributed by atoms with Gasteiger partial charge < -0.3 is 15.0 Å². The van der Waals surface area contributed by atoms with E-state index in [1.54, 1.807) is 17.1 Å². The van der Waals surface area contributed by atoms with Crippen LogP contribution in [0.5, 0.6) is 0 Å². The van der Waals surface area contributed by atoms with Gasteiger partial charge in [0.15, 0.2) is 0 Å². The normalized spacial score (nSPS) is 19.8. The molecule has 1 saturated heterocycles. The Labute approximate surface area is 176 Å². The predicted octanol–water partition coefficient (Wildman–Crippen LogP) is 3.01. The molecular formula is C21H29N7O2. The number of imidazole rings is 1. The molecule has 3 aromatic heterocycles. The summed E-state index contributed by atoms with van der Waals surface area (Å²) in [6, 6.07) is 1.98. The summed E-state index contributed by atoms with van der Waals surface area (Å²) in [5.41, 5.74) is 2.07. The first kappa shape index (κ1) is 20.2. The van der Waals surface area contributed by atoms with E-state index in [0.29, 0.717) is 0 Å². The molecule has 9 nitrogen and oxygen atoms in total. The van der Waals surface area contributed by atoms with Crippen molar-refractivity contribution in [3.8, 4) is 11.3 Å². The Balaban J connectivity index is 1.64. The van der Waals surface area contributed by atoms with Crippen LogP contribution in [0.4, 0.5) is 10.7 Å². The number of hydrogen-bond acceptors (Lipinski definition) is 6. The van der Waals surface area contributed by atoms with Crippen LogP contribution in [0.15, 0.2) is 30.9 Å². The standard InChI is InChI=1S/C21H29N7O2/c1-14-16(25-20(29)30-21(2,3)4)7-6-9-27(14)19-24-17(15-12-23-26(5)13-15)11-18-22-8-10-28(18)19/h8,10-14,16H,6-7,9H2,1-5H3,(H,25,29). The number of aromatic nitrogens is 5. The Kier molecular flexibility index (Phi) is 5.13. The number of fused-ring (bicyclic) bond motifs is 1. The van der Waals surface area contributed by atoms with Crippen molar-refractivity contribution in [3.63, 3.8) is 0 Å². The van der Waals surface area contributed by atoms with Crippen molar-refractivity contribution in [2.45, 2.75) is 58.2 Å². The van der Waals surface area contributed by atoms with Gasteiger partial charge in [0.2, 0.25) is 5.95 Å². The molecule has 1 N–H and O–H groups in total. The molecule has 0 radical (unpaired) electrons. The highest BCUT2D eigenvalue weighted by molar-refractivity contribution is 5.69. The Morgan fingerprint density at radius 2 is 2.13 bits per heavy atom. The van der Waals surface area contributed by atoms with Crippen molar-refractivity contribution in [1.82, 2.24) is 29.5 Å². The number of rotatable bonds is 3. The van der Waals surface area contributed by atoms with Crippen LogP contribution in [0, 0.1) is 0 Å². The number of ether oxygens (including phenoxy) is 1. The van der Waals surface area contributed by atoms with Gasteiger partial charge in [0.1, 0.15) is 11.2 Å². The van der Waals surface area contributed by atoms with E-state index in [9.17, 15) is 4.79 Å². The number of nitrogens with zero attached hydrogens (tertiary/aromatic N) is 6. The molecule has 1 amide bonds. The number of anilines is 1. The van der Waals surface area contributed by atoms with Gasteiger partial charge in [-0.05, 0) is 40.5 Å². The van der Waals surface area contributed by atoms with E-state index in [-0.39, 0.29) is 18.2 Å². The fourth-order valence-electron chi connectivity index (χ4n) is 3.89. The van der Waals surface area contributed by atoms with Gasteiger partial charge in [0.05, 0.1) is 17.9 Å². The zero-order chi connectivity index (χ0) is 21.5. The highest BCUT2D eigenvalue weighted by atomic mass is 16.6. The molecule has 9 heteroatoms. The van der Waals surface area contributed by atoms with Crippen LogP contribution >= 0.6 is 0 Å². The summed E-state index contributed by atoms with van der Waals surface area (Å²) < 4.78 is 9.21. The molecule has 0 aliphatic carbocycles. The second-order valence-corrected chi connectivity index (χ2v) is 8.83. The zero-order valence-corrected chi connectivity index (χ0v) is 18.2. The second-order valence-electron chi connectivity index (χ2n) is 8.83. The Morgan fingerprint density at radius 3 is 2.83 bits per heavy atom. The minimum atomic E-state index is -0.524. The van der Waals surface area contributed by atoms with Crippen LogP contribution in [-0.4, -0.2) is 54.5 Å². The molecule has 1 aliphatic heterocycles. The van der Waals surface area contributed by atoms with Crippen molar-refractivity contribution >= 4 is 17.7 Å². The van der Waals surface area contributed by atoms with Crippen LogP contribution in [0.3, 0.4) is 0 Å². The maximum atomic E-state index is 12.3. The molecule has 0 spiro atoms. The van der Waals surface area contributed by atoms with Gasteiger partial charge in [0.25, 0.3) is 0 Å². The molecule has 4 heterocycles. The van der Waals surface area contributed by atoms with E-state index in [4.69, 9.17) is 9.72 Å². The molecule has 2 atom stereocenters. The molecule has 0 bridgehead atoms. The quantitative estimate of drug-likeness (QED) is 0.713. The number of carbonyl (C=O) groups excluding carboxylic acids is 1. The lowest BCUT2D eigenvalue weighted by Gasteiger charge is -2.40. The van der Waals surface area contributed by atoms with Crippen LogP contribution < -0.4 is 10.2 Å². The molecular weight excluding hydrogens is 382 g/mol. The SMILES string of the molecule is CC1C(NC(=O)OC(C)(C)C)CCCN1c1nc(-c2cnn(C)c2)cc2nccn12. The minimum absolute atomic E-state index is 0.0315. The molecule has 4 rings (SSSR count). The lowest BCUT2D eigenvalue weighted by molar-refractivity contribution is 0.0489. The Morgan fingerprint density at radius 1 is 1.33 bits per heavy atom. The maximum absolute atomic E-state index is 12.3. The van der Waals surface area contributed by atoms with Gasteiger partial charge >= 0.3 is 6.09 Å². The minimum Gasteiger partial charge on any atom is -0.444 e. The number of nitrogens with one attached hydrogen (secondary N) is 1. The summed E-state index contributed by atoms with van der Waals surface area (Å²) in [4.78, 5) is 24.0. The molecule has 30 heavy (non-hydrogen) atoms. The molecule has 3 aromatic rings. The molecule has 2 unspecified atom stereocenters. The fraction of sp³-hybridized carbons (Fsp3) is 0.524. The summed E-state index contributed by atoms with van der Waals surface area (Å²) in [6.07, 6.45) is 8.90. The fourth-order valence-corrected chi connectivity index (χ4v) is 3.89. The van der Waals surface area contributed by atoms with Crippen molar-refractivity contribution in [2.24, 2.45) is 7.05 Å². The third-order valence-electron chi connectivity index (χ3n) is 5.32. The van der Waals surface area contributed by atoms with E-state index in [1.807, 2.05) is 50.7 Å². The monoisotopic (exact) mass is 411 g/mol. The van der Waals surface area contributed by atoms with E-state index < -0.39 is 5.60 Å². The van der Waals surface area contributed by atoms with Gasteiger partial charge in [-0.3, -0.25) is 9.08 Å². The summed E-state index contributed by atoms with van der Waals surface area (Å²) in [5.74, 6) is 0.812. The molecule has 160 valence electrons. The summed E-state index contributed by atoms with van der Waals surface area (Å²) >= 11 is 0. The van der Waals surface area contributed by atoms with E-state index in [2.05, 4.69) is 27.2 Å². The summed E-state index contributed by atoms with van der Waals surface area (Å²) in [6.45, 7) is 8.57. The highest BCUT2D eigenvalue weighted by Crippen LogP contribution is 2.28. The van der Waals surface area contributed by atoms with Gasteiger partial charge in [-0.2, -0.15) is 5.10 Å². The number of alkyl carbamates (subject to hydrolysis) is 1. The number of carbonyl (C=O) groups is 1. The van der Waals surface area contributed by atoms with Crippen LogP contribution in [0.25, 0.3) is 16.9 Å². The third kappa shape index (κ3) is 4.10. The van der Waals surface area contributed by atoms with Gasteiger partial charge in [-0.15, -0.1) is 0 Å². The summed E-state index contributed by atoms with van der Waals surface area (Å²) in [5, 5.41) is 7.31. The number of piperidine rings is 1. The van der Waals surface area contributed by atoms with Crippen molar-refractivity contribution in [1.29, 1.82) is 0 Å². The average molecular weight is 412 g/mol. The van der Waals surface area contributed by atoms with Crippen LogP contribution in [-0.2, 0) is 11.8 Å². The zero-order valence-electron chi connectivity index (χ0n) is 18.2. The number of aryl methyl sites for hydroxylation is 1. The molecule has 1 fully saturated rings. The maximum Gasteiger partial charge on any atom is 0.407 e. The van der Waals surface area contributed by atoms with Crippen molar-refractivity contribution in [3.05, 3.63) is 30.9 Å². The first-order chi connectivity index (χ1) is 14.2. The smallest absolute Gasteiger partial charge is 0.407 e. The number of hydrogen-bond donors (Lipinski definition) is 1. The Bertz CT molecular complexity index is 1050. The third-order valence-corrected chi connectivity index (χ3v) is 5.32. The molecule has 1 aliphatic rings. The van der Waals surface area contributed by atoms with E-state index in [0.717, 1.165) is 42.2 Å². The molecule has 0 aromatic carbocycles. The summed E-state index contributed by atoms with van der Waals surface area (Å²) in [7, 11) is 1.89. The van der Waals surface area contributed by atoms with Crippen molar-refractivity contribution in [2.75, 3.05) is 11.4 Å². The first-order valence-electron chi connectivity index (χ1n) is 10.3.